The molecule has 1 aromatic heterocycles. The average molecular weight is 485 g/mol. The summed E-state index contributed by atoms with van der Waals surface area (Å²) in [5.74, 6) is -2.35. The van der Waals surface area contributed by atoms with Gasteiger partial charge >= 0.3 is 6.18 Å². The van der Waals surface area contributed by atoms with Crippen molar-refractivity contribution in [1.29, 1.82) is 0 Å². The molecule has 5 rings (SSSR count). The molecule has 11 heteroatoms. The summed E-state index contributed by atoms with van der Waals surface area (Å²) >= 11 is 0. The fourth-order valence-corrected chi connectivity index (χ4v) is 4.44. The molecule has 0 fully saturated rings. The van der Waals surface area contributed by atoms with Gasteiger partial charge in [0.1, 0.15) is 18.1 Å². The maximum atomic E-state index is 14.7. The van der Waals surface area contributed by atoms with Crippen molar-refractivity contribution in [1.82, 2.24) is 19.9 Å². The lowest BCUT2D eigenvalue weighted by atomic mass is 9.92. The highest BCUT2D eigenvalue weighted by atomic mass is 19.4. The molecule has 35 heavy (non-hydrogen) atoms. The average Bonchev–Trinajstić information content (AvgIpc) is 3.29. The van der Waals surface area contributed by atoms with Gasteiger partial charge in [0.25, 0.3) is 5.91 Å². The van der Waals surface area contributed by atoms with Gasteiger partial charge in [-0.1, -0.05) is 30.3 Å². The summed E-state index contributed by atoms with van der Waals surface area (Å²) in [5, 5.41) is 4.30. The maximum absolute atomic E-state index is 14.7. The number of imidazole rings is 1. The van der Waals surface area contributed by atoms with Crippen LogP contribution in [0.1, 0.15) is 44.6 Å². The van der Waals surface area contributed by atoms with Gasteiger partial charge in [0.15, 0.2) is 0 Å². The Hall–Kier alpha value is -4.02. The number of hydrazone groups is 1. The van der Waals surface area contributed by atoms with Crippen LogP contribution in [0.5, 0.6) is 0 Å². The van der Waals surface area contributed by atoms with Crippen molar-refractivity contribution in [2.24, 2.45) is 5.10 Å². The number of aldehydes is 1. The number of carbonyl (C=O) groups is 2. The van der Waals surface area contributed by atoms with Crippen LogP contribution in [0.15, 0.2) is 53.8 Å². The number of carbonyl (C=O) groups excluding carboxylic acids is 2. The van der Waals surface area contributed by atoms with Crippen LogP contribution < -0.4 is 5.43 Å². The van der Waals surface area contributed by atoms with E-state index in [0.717, 1.165) is 28.2 Å². The molecule has 1 amide bonds. The lowest BCUT2D eigenvalue weighted by Crippen LogP contribution is -2.39. The van der Waals surface area contributed by atoms with Crippen molar-refractivity contribution in [3.8, 4) is 0 Å². The first-order valence-corrected chi connectivity index (χ1v) is 10.8. The molecule has 1 N–H and O–H groups in total. The molecule has 1 atom stereocenters. The zero-order chi connectivity index (χ0) is 24.7. The minimum atomic E-state index is -4.59. The SMILES string of the molecule is O=CC1NN=C(Cc2ccc(F)c(C(=O)N3CCn4c(cnc4C(F)(F)F)C3)c2)c2ccccc21. The van der Waals surface area contributed by atoms with E-state index in [2.05, 4.69) is 15.5 Å². The molecule has 7 nitrogen and oxygen atoms in total. The molecule has 0 saturated carbocycles. The normalized spacial score (nSPS) is 17.2. The van der Waals surface area contributed by atoms with Gasteiger partial charge in [-0.15, -0.1) is 0 Å². The fraction of sp³-hybridized carbons (Fsp3) is 0.250. The molecule has 2 aliphatic heterocycles. The second-order valence-electron chi connectivity index (χ2n) is 8.33. The number of amides is 1. The Morgan fingerprint density at radius 2 is 1.97 bits per heavy atom. The molecular weight excluding hydrogens is 466 g/mol. The summed E-state index contributed by atoms with van der Waals surface area (Å²) < 4.78 is 55.0. The first kappa shape index (κ1) is 22.8. The minimum Gasteiger partial charge on any atom is -0.331 e. The van der Waals surface area contributed by atoms with E-state index in [1.807, 2.05) is 24.3 Å². The van der Waals surface area contributed by atoms with Crippen molar-refractivity contribution in [2.45, 2.75) is 31.7 Å². The first-order valence-electron chi connectivity index (χ1n) is 10.8. The van der Waals surface area contributed by atoms with Gasteiger partial charge in [-0.2, -0.15) is 18.3 Å². The summed E-state index contributed by atoms with van der Waals surface area (Å²) in [6, 6.07) is 10.9. The van der Waals surface area contributed by atoms with Gasteiger partial charge in [-0.05, 0) is 23.3 Å². The van der Waals surface area contributed by atoms with Crippen LogP contribution in [0.25, 0.3) is 0 Å². The van der Waals surface area contributed by atoms with E-state index in [4.69, 9.17) is 0 Å². The predicted molar refractivity (Wildman–Crippen MR) is 117 cm³/mol. The number of aromatic nitrogens is 2. The third-order valence-electron chi connectivity index (χ3n) is 6.14. The Balaban J connectivity index is 1.38. The second-order valence-corrected chi connectivity index (χ2v) is 8.33. The van der Waals surface area contributed by atoms with Crippen LogP contribution in [0, 0.1) is 5.82 Å². The van der Waals surface area contributed by atoms with Crippen molar-refractivity contribution in [2.75, 3.05) is 6.54 Å². The molecule has 1 unspecified atom stereocenters. The van der Waals surface area contributed by atoms with Crippen LogP contribution in [0.2, 0.25) is 0 Å². The first-order chi connectivity index (χ1) is 16.8. The zero-order valence-electron chi connectivity index (χ0n) is 18.2. The quantitative estimate of drug-likeness (QED) is 0.453. The Bertz CT molecular complexity index is 1350. The highest BCUT2D eigenvalue weighted by molar-refractivity contribution is 6.04. The van der Waals surface area contributed by atoms with Gasteiger partial charge in [0.05, 0.1) is 29.7 Å². The molecule has 180 valence electrons. The summed E-state index contributed by atoms with van der Waals surface area (Å²) in [6.07, 6.45) is -2.47. The molecule has 3 heterocycles. The van der Waals surface area contributed by atoms with Crippen LogP contribution >= 0.6 is 0 Å². The fourth-order valence-electron chi connectivity index (χ4n) is 4.44. The molecule has 0 radical (unpaired) electrons. The number of nitrogens with one attached hydrogen (secondary N) is 1. The Labute approximate surface area is 197 Å². The number of fused-ring (bicyclic) bond motifs is 2. The number of rotatable bonds is 4. The summed E-state index contributed by atoms with van der Waals surface area (Å²) in [5.41, 5.74) is 5.67. The Morgan fingerprint density at radius 3 is 2.74 bits per heavy atom. The van der Waals surface area contributed by atoms with Crippen LogP contribution in [-0.2, 0) is 30.5 Å². The molecular formula is C24H19F4N5O2. The standard InChI is InChI=1S/C24H19F4N5O2/c25-19-6-5-14(10-20-16-3-1-2-4-17(16)21(13-34)31-30-20)9-18(19)22(35)32-7-8-33-15(12-32)11-29-23(33)24(26,27)28/h1-6,9,11,13,21,31H,7-8,10,12H2. The Kier molecular flexibility index (Phi) is 5.62. The zero-order valence-corrected chi connectivity index (χ0v) is 18.2. The van der Waals surface area contributed by atoms with Gasteiger partial charge in [-0.25, -0.2) is 9.37 Å². The molecule has 2 aliphatic rings. The lowest BCUT2D eigenvalue weighted by molar-refractivity contribution is -0.147. The predicted octanol–water partition coefficient (Wildman–Crippen LogP) is 3.49. The van der Waals surface area contributed by atoms with Gasteiger partial charge in [0, 0.05) is 25.1 Å². The van der Waals surface area contributed by atoms with Crippen LogP contribution in [0.4, 0.5) is 17.6 Å². The summed E-state index contributed by atoms with van der Waals surface area (Å²) in [4.78, 5) is 29.2. The van der Waals surface area contributed by atoms with Gasteiger partial charge < -0.3 is 14.3 Å². The molecule has 0 aliphatic carbocycles. The molecule has 3 aromatic rings. The third-order valence-corrected chi connectivity index (χ3v) is 6.14. The van der Waals surface area contributed by atoms with E-state index in [1.165, 1.54) is 17.0 Å². The van der Waals surface area contributed by atoms with Gasteiger partial charge in [-0.3, -0.25) is 10.2 Å². The van der Waals surface area contributed by atoms with Crippen molar-refractivity contribution in [3.05, 3.63) is 88.3 Å². The van der Waals surface area contributed by atoms with Gasteiger partial charge in [0.2, 0.25) is 5.82 Å². The topological polar surface area (TPSA) is 79.6 Å². The second kappa shape index (κ2) is 8.64. The van der Waals surface area contributed by atoms with Crippen LogP contribution in [-0.4, -0.2) is 38.9 Å². The van der Waals surface area contributed by atoms with E-state index in [0.29, 0.717) is 11.3 Å². The summed E-state index contributed by atoms with van der Waals surface area (Å²) in [6.45, 7) is -0.205. The maximum Gasteiger partial charge on any atom is 0.449 e. The van der Waals surface area contributed by atoms with E-state index >= 15 is 0 Å². The van der Waals surface area contributed by atoms with E-state index in [9.17, 15) is 27.2 Å². The summed E-state index contributed by atoms with van der Waals surface area (Å²) in [7, 11) is 0. The van der Waals surface area contributed by atoms with Crippen molar-refractivity contribution < 1.29 is 27.2 Å². The smallest absolute Gasteiger partial charge is 0.331 e. The number of halogens is 4. The van der Waals surface area contributed by atoms with Crippen LogP contribution in [0.3, 0.4) is 0 Å². The monoisotopic (exact) mass is 485 g/mol. The largest absolute Gasteiger partial charge is 0.449 e. The highest BCUT2D eigenvalue weighted by Crippen LogP contribution is 2.31. The lowest BCUT2D eigenvalue weighted by Gasteiger charge is -2.29. The minimum absolute atomic E-state index is 0.00791. The molecule has 0 spiro atoms. The van der Waals surface area contributed by atoms with Crippen molar-refractivity contribution >= 4 is 17.9 Å². The number of hydrogen-bond acceptors (Lipinski definition) is 5. The van der Waals surface area contributed by atoms with Crippen molar-refractivity contribution in [3.63, 3.8) is 0 Å². The van der Waals surface area contributed by atoms with E-state index in [-0.39, 0.29) is 37.3 Å². The molecule has 0 saturated heterocycles. The highest BCUT2D eigenvalue weighted by Gasteiger charge is 2.39. The number of nitrogens with zero attached hydrogens (tertiary/aromatic N) is 4. The third kappa shape index (κ3) is 4.17. The Morgan fingerprint density at radius 1 is 1.17 bits per heavy atom. The number of hydrogen-bond donors (Lipinski definition) is 1. The van der Waals surface area contributed by atoms with E-state index in [1.54, 1.807) is 6.07 Å². The molecule has 2 aromatic carbocycles. The molecule has 0 bridgehead atoms. The number of alkyl halides is 3. The van der Waals surface area contributed by atoms with E-state index < -0.39 is 29.8 Å². The number of benzene rings is 2.